The highest BCUT2D eigenvalue weighted by Gasteiger charge is 2.02. The fourth-order valence-corrected chi connectivity index (χ4v) is 2.88. The van der Waals surface area contributed by atoms with Crippen LogP contribution in [0.15, 0.2) is 87.2 Å². The maximum absolute atomic E-state index is 9.32. The highest BCUT2D eigenvalue weighted by Crippen LogP contribution is 2.28. The molecule has 0 aromatic heterocycles. The van der Waals surface area contributed by atoms with E-state index in [9.17, 15) is 5.11 Å². The van der Waals surface area contributed by atoms with Crippen LogP contribution < -0.4 is 4.90 Å². The molecule has 29 heavy (non-hydrogen) atoms. The standard InChI is InChI=1S/C23H25N5O/c1-4-28(5-2)21-11-6-18(7-12-21)24-26-20-10-15-23(17(3)16-20)27-25-19-8-13-22(29)14-9-19/h6-16,29H,4-5H2,1-3H3. The Morgan fingerprint density at radius 2 is 1.21 bits per heavy atom. The second kappa shape index (κ2) is 9.59. The molecule has 0 fully saturated rings. The fourth-order valence-electron chi connectivity index (χ4n) is 2.88. The van der Waals surface area contributed by atoms with Crippen LogP contribution in [0.5, 0.6) is 5.75 Å². The Balaban J connectivity index is 1.69. The molecule has 0 saturated heterocycles. The Morgan fingerprint density at radius 1 is 0.690 bits per heavy atom. The molecule has 0 aliphatic heterocycles. The second-order valence-corrected chi connectivity index (χ2v) is 6.58. The van der Waals surface area contributed by atoms with Gasteiger partial charge in [-0.15, -0.1) is 0 Å². The van der Waals surface area contributed by atoms with Crippen molar-refractivity contribution in [1.29, 1.82) is 0 Å². The maximum atomic E-state index is 9.32. The van der Waals surface area contributed by atoms with Crippen molar-refractivity contribution in [2.75, 3.05) is 18.0 Å². The van der Waals surface area contributed by atoms with Crippen molar-refractivity contribution in [3.05, 3.63) is 72.3 Å². The lowest BCUT2D eigenvalue weighted by Gasteiger charge is -2.20. The largest absolute Gasteiger partial charge is 0.508 e. The topological polar surface area (TPSA) is 72.9 Å². The van der Waals surface area contributed by atoms with Crippen molar-refractivity contribution in [2.45, 2.75) is 20.8 Å². The van der Waals surface area contributed by atoms with Gasteiger partial charge in [-0.25, -0.2) is 0 Å². The molecule has 148 valence electrons. The zero-order valence-electron chi connectivity index (χ0n) is 16.9. The predicted octanol–water partition coefficient (Wildman–Crippen LogP) is 7.38. The SMILES string of the molecule is CCN(CC)c1ccc(N=Nc2ccc(N=Nc3ccc(O)cc3)c(C)c2)cc1. The molecule has 0 aliphatic rings. The van der Waals surface area contributed by atoms with Crippen LogP contribution in [0.1, 0.15) is 19.4 Å². The number of aromatic hydroxyl groups is 1. The maximum Gasteiger partial charge on any atom is 0.115 e. The summed E-state index contributed by atoms with van der Waals surface area (Å²) in [6, 6.07) is 20.3. The van der Waals surface area contributed by atoms with E-state index in [1.165, 1.54) is 5.69 Å². The first-order valence-corrected chi connectivity index (χ1v) is 9.67. The average molecular weight is 387 g/mol. The van der Waals surface area contributed by atoms with Crippen LogP contribution in [0.4, 0.5) is 28.4 Å². The van der Waals surface area contributed by atoms with Crippen LogP contribution in [0.25, 0.3) is 0 Å². The van der Waals surface area contributed by atoms with Crippen molar-refractivity contribution >= 4 is 28.4 Å². The van der Waals surface area contributed by atoms with E-state index < -0.39 is 0 Å². The Kier molecular flexibility index (Phi) is 6.68. The van der Waals surface area contributed by atoms with Crippen LogP contribution in [0, 0.1) is 6.92 Å². The third-order valence-corrected chi connectivity index (χ3v) is 4.56. The molecule has 0 atom stereocenters. The van der Waals surface area contributed by atoms with E-state index >= 15 is 0 Å². The van der Waals surface area contributed by atoms with Gasteiger partial charge in [0, 0.05) is 18.8 Å². The van der Waals surface area contributed by atoms with Gasteiger partial charge in [0.2, 0.25) is 0 Å². The molecule has 0 aliphatic carbocycles. The molecule has 0 radical (unpaired) electrons. The highest BCUT2D eigenvalue weighted by atomic mass is 16.3. The zero-order valence-corrected chi connectivity index (χ0v) is 16.9. The molecule has 3 aromatic carbocycles. The number of aryl methyl sites for hydroxylation is 1. The van der Waals surface area contributed by atoms with Crippen molar-refractivity contribution in [2.24, 2.45) is 20.5 Å². The Hall–Kier alpha value is -3.54. The van der Waals surface area contributed by atoms with E-state index in [0.29, 0.717) is 5.69 Å². The molecule has 3 aromatic rings. The predicted molar refractivity (Wildman–Crippen MR) is 118 cm³/mol. The highest BCUT2D eigenvalue weighted by molar-refractivity contribution is 5.55. The minimum absolute atomic E-state index is 0.206. The molecule has 6 nitrogen and oxygen atoms in total. The Morgan fingerprint density at radius 3 is 1.79 bits per heavy atom. The van der Waals surface area contributed by atoms with Gasteiger partial charge < -0.3 is 10.0 Å². The first-order valence-electron chi connectivity index (χ1n) is 9.67. The zero-order chi connectivity index (χ0) is 20.6. The van der Waals surface area contributed by atoms with Crippen molar-refractivity contribution < 1.29 is 5.11 Å². The number of anilines is 1. The summed E-state index contributed by atoms with van der Waals surface area (Å²) in [7, 11) is 0. The summed E-state index contributed by atoms with van der Waals surface area (Å²) >= 11 is 0. The minimum atomic E-state index is 0.206. The van der Waals surface area contributed by atoms with Crippen LogP contribution in [0.2, 0.25) is 0 Å². The normalized spacial score (nSPS) is 11.4. The lowest BCUT2D eigenvalue weighted by atomic mass is 10.2. The second-order valence-electron chi connectivity index (χ2n) is 6.58. The van der Waals surface area contributed by atoms with Gasteiger partial charge in [0.05, 0.1) is 22.7 Å². The average Bonchev–Trinajstić information content (AvgIpc) is 2.74. The molecular formula is C23H25N5O. The van der Waals surface area contributed by atoms with Crippen molar-refractivity contribution in [3.8, 4) is 5.75 Å². The summed E-state index contributed by atoms with van der Waals surface area (Å²) in [5.74, 6) is 0.206. The monoisotopic (exact) mass is 387 g/mol. The number of nitrogens with zero attached hydrogens (tertiary/aromatic N) is 5. The van der Waals surface area contributed by atoms with E-state index in [1.54, 1.807) is 24.3 Å². The van der Waals surface area contributed by atoms with E-state index in [2.05, 4.69) is 51.3 Å². The molecule has 3 rings (SSSR count). The van der Waals surface area contributed by atoms with Gasteiger partial charge in [0.15, 0.2) is 0 Å². The van der Waals surface area contributed by atoms with Gasteiger partial charge in [-0.1, -0.05) is 0 Å². The molecule has 0 saturated carbocycles. The number of benzene rings is 3. The number of hydrogen-bond acceptors (Lipinski definition) is 6. The number of azo groups is 2. The number of phenols is 1. The Bertz CT molecular complexity index is 991. The Labute approximate surface area is 171 Å². The van der Waals surface area contributed by atoms with E-state index in [1.807, 2.05) is 37.3 Å². The third kappa shape index (κ3) is 5.48. The smallest absolute Gasteiger partial charge is 0.115 e. The number of hydrogen-bond donors (Lipinski definition) is 1. The molecule has 6 heteroatoms. The molecule has 1 N–H and O–H groups in total. The quantitative estimate of drug-likeness (QED) is 0.430. The lowest BCUT2D eigenvalue weighted by molar-refractivity contribution is 0.475. The fraction of sp³-hybridized carbons (Fsp3) is 0.217. The van der Waals surface area contributed by atoms with Crippen LogP contribution >= 0.6 is 0 Å². The summed E-state index contributed by atoms with van der Waals surface area (Å²) in [5, 5.41) is 26.4. The summed E-state index contributed by atoms with van der Waals surface area (Å²) in [6.07, 6.45) is 0. The van der Waals surface area contributed by atoms with Gasteiger partial charge in [0.1, 0.15) is 5.75 Å². The van der Waals surface area contributed by atoms with E-state index in [-0.39, 0.29) is 5.75 Å². The van der Waals surface area contributed by atoms with Gasteiger partial charge >= 0.3 is 0 Å². The van der Waals surface area contributed by atoms with Gasteiger partial charge in [-0.3, -0.25) is 0 Å². The van der Waals surface area contributed by atoms with Crippen LogP contribution in [-0.2, 0) is 0 Å². The summed E-state index contributed by atoms with van der Waals surface area (Å²) in [6.45, 7) is 8.21. The molecule has 0 unspecified atom stereocenters. The minimum Gasteiger partial charge on any atom is -0.508 e. The van der Waals surface area contributed by atoms with Gasteiger partial charge in [0.25, 0.3) is 0 Å². The first-order chi connectivity index (χ1) is 14.1. The summed E-state index contributed by atoms with van der Waals surface area (Å²) in [4.78, 5) is 2.29. The molecule has 0 spiro atoms. The van der Waals surface area contributed by atoms with Gasteiger partial charge in [-0.05, 0) is 93.1 Å². The van der Waals surface area contributed by atoms with E-state index in [4.69, 9.17) is 0 Å². The molecule has 0 amide bonds. The number of rotatable bonds is 7. The molecular weight excluding hydrogens is 362 g/mol. The first kappa shape index (κ1) is 20.2. The summed E-state index contributed by atoms with van der Waals surface area (Å²) in [5.41, 5.74) is 5.17. The van der Waals surface area contributed by atoms with Crippen LogP contribution in [-0.4, -0.2) is 18.2 Å². The lowest BCUT2D eigenvalue weighted by Crippen LogP contribution is -2.21. The number of phenolic OH excluding ortho intramolecular Hbond substituents is 1. The third-order valence-electron chi connectivity index (χ3n) is 4.56. The van der Waals surface area contributed by atoms with Crippen molar-refractivity contribution in [1.82, 2.24) is 0 Å². The summed E-state index contributed by atoms with van der Waals surface area (Å²) < 4.78 is 0. The van der Waals surface area contributed by atoms with Crippen molar-refractivity contribution in [3.63, 3.8) is 0 Å². The van der Waals surface area contributed by atoms with Crippen LogP contribution in [0.3, 0.4) is 0 Å². The van der Waals surface area contributed by atoms with E-state index in [0.717, 1.165) is 35.7 Å². The molecule has 0 bridgehead atoms. The van der Waals surface area contributed by atoms with Gasteiger partial charge in [-0.2, -0.15) is 20.5 Å². The molecule has 0 heterocycles.